The predicted molar refractivity (Wildman–Crippen MR) is 99.2 cm³/mol. The topological polar surface area (TPSA) is 66.5 Å². The molecule has 2 aromatic carbocycles. The summed E-state index contributed by atoms with van der Waals surface area (Å²) in [5.74, 6) is -0.207. The minimum absolute atomic E-state index is 0.207. The summed E-state index contributed by atoms with van der Waals surface area (Å²) in [5, 5.41) is 2.89. The molecule has 1 aliphatic rings. The van der Waals surface area contributed by atoms with Gasteiger partial charge in [0.25, 0.3) is 5.91 Å². The van der Waals surface area contributed by atoms with Crippen molar-refractivity contribution in [3.8, 4) is 0 Å². The Morgan fingerprint density at radius 2 is 1.96 bits per heavy atom. The second kappa shape index (κ2) is 6.22. The molecule has 126 valence electrons. The Balaban J connectivity index is 1.85. The molecule has 1 amide bonds. The van der Waals surface area contributed by atoms with Crippen LogP contribution in [0.4, 0.5) is 11.4 Å². The first-order valence-corrected chi connectivity index (χ1v) is 10.1. The number of benzene rings is 2. The molecule has 0 atom stereocenters. The third-order valence-corrected chi connectivity index (χ3v) is 5.70. The molecule has 0 fully saturated rings. The third kappa shape index (κ3) is 3.32. The molecular formula is C17H17BrN2O3S. The highest BCUT2D eigenvalue weighted by molar-refractivity contribution is 9.10. The predicted octanol–water partition coefficient (Wildman–Crippen LogP) is 3.33. The van der Waals surface area contributed by atoms with Crippen molar-refractivity contribution in [1.82, 2.24) is 0 Å². The number of fused-ring (bicyclic) bond motifs is 1. The Morgan fingerprint density at radius 3 is 2.62 bits per heavy atom. The average Bonchev–Trinajstić information content (AvgIpc) is 2.93. The van der Waals surface area contributed by atoms with Crippen molar-refractivity contribution in [2.75, 3.05) is 22.4 Å². The lowest BCUT2D eigenvalue weighted by atomic mass is 10.1. The van der Waals surface area contributed by atoms with Gasteiger partial charge in [-0.3, -0.25) is 9.10 Å². The van der Waals surface area contributed by atoms with E-state index >= 15 is 0 Å². The van der Waals surface area contributed by atoms with Crippen molar-refractivity contribution < 1.29 is 13.2 Å². The number of amides is 1. The summed E-state index contributed by atoms with van der Waals surface area (Å²) in [4.78, 5) is 12.5. The van der Waals surface area contributed by atoms with Crippen LogP contribution >= 0.6 is 15.9 Å². The SMILES string of the molecule is Cc1cc(Br)ccc1NC(=O)c1ccc2c(c1)CCN2S(C)(=O)=O. The van der Waals surface area contributed by atoms with E-state index in [1.807, 2.05) is 25.1 Å². The van der Waals surface area contributed by atoms with Gasteiger partial charge in [0.2, 0.25) is 10.0 Å². The van der Waals surface area contributed by atoms with E-state index in [2.05, 4.69) is 21.2 Å². The number of hydrogen-bond donors (Lipinski definition) is 1. The van der Waals surface area contributed by atoms with Crippen molar-refractivity contribution >= 4 is 43.2 Å². The molecule has 0 radical (unpaired) electrons. The second-order valence-electron chi connectivity index (χ2n) is 5.84. The third-order valence-electron chi connectivity index (χ3n) is 4.03. The minimum atomic E-state index is -3.28. The van der Waals surface area contributed by atoms with E-state index in [-0.39, 0.29) is 5.91 Å². The molecule has 0 spiro atoms. The summed E-state index contributed by atoms with van der Waals surface area (Å²) in [5.41, 5.74) is 3.77. The maximum Gasteiger partial charge on any atom is 0.255 e. The Labute approximate surface area is 149 Å². The van der Waals surface area contributed by atoms with Crippen LogP contribution in [-0.2, 0) is 16.4 Å². The zero-order chi connectivity index (χ0) is 17.5. The highest BCUT2D eigenvalue weighted by Crippen LogP contribution is 2.31. The van der Waals surface area contributed by atoms with Gasteiger partial charge < -0.3 is 5.32 Å². The minimum Gasteiger partial charge on any atom is -0.322 e. The molecule has 0 aromatic heterocycles. The number of anilines is 2. The summed E-state index contributed by atoms with van der Waals surface area (Å²) >= 11 is 3.40. The van der Waals surface area contributed by atoms with E-state index in [0.29, 0.717) is 24.2 Å². The monoisotopic (exact) mass is 408 g/mol. The zero-order valence-corrected chi connectivity index (χ0v) is 15.7. The molecule has 3 rings (SSSR count). The Bertz CT molecular complexity index is 925. The van der Waals surface area contributed by atoms with Crippen LogP contribution in [0, 0.1) is 6.92 Å². The fourth-order valence-corrected chi connectivity index (χ4v) is 4.25. The summed E-state index contributed by atoms with van der Waals surface area (Å²) in [6.45, 7) is 2.35. The van der Waals surface area contributed by atoms with E-state index < -0.39 is 10.0 Å². The fourth-order valence-electron chi connectivity index (χ4n) is 2.82. The van der Waals surface area contributed by atoms with Crippen molar-refractivity contribution in [3.63, 3.8) is 0 Å². The molecule has 5 nitrogen and oxygen atoms in total. The van der Waals surface area contributed by atoms with Crippen LogP contribution in [0.3, 0.4) is 0 Å². The molecule has 0 saturated heterocycles. The first-order chi connectivity index (χ1) is 11.3. The zero-order valence-electron chi connectivity index (χ0n) is 13.3. The number of rotatable bonds is 3. The summed E-state index contributed by atoms with van der Waals surface area (Å²) in [6.07, 6.45) is 1.81. The second-order valence-corrected chi connectivity index (χ2v) is 8.66. The number of carbonyl (C=O) groups excluding carboxylic acids is 1. The smallest absolute Gasteiger partial charge is 0.255 e. The molecule has 0 bridgehead atoms. The summed E-state index contributed by atoms with van der Waals surface area (Å²) < 4.78 is 25.9. The number of carbonyl (C=O) groups is 1. The maximum atomic E-state index is 12.5. The van der Waals surface area contributed by atoms with Gasteiger partial charge in [-0.1, -0.05) is 15.9 Å². The van der Waals surface area contributed by atoms with Crippen LogP contribution in [-0.4, -0.2) is 27.1 Å². The number of aryl methyl sites for hydroxylation is 1. The van der Waals surface area contributed by atoms with Gasteiger partial charge in [0, 0.05) is 22.3 Å². The summed E-state index contributed by atoms with van der Waals surface area (Å²) in [7, 11) is -3.28. The lowest BCUT2D eigenvalue weighted by Crippen LogP contribution is -2.27. The molecule has 24 heavy (non-hydrogen) atoms. The molecule has 0 saturated carbocycles. The van der Waals surface area contributed by atoms with Crippen molar-refractivity contribution in [1.29, 1.82) is 0 Å². The van der Waals surface area contributed by atoms with E-state index in [4.69, 9.17) is 0 Å². The number of nitrogens with one attached hydrogen (secondary N) is 1. The molecular weight excluding hydrogens is 392 g/mol. The first kappa shape index (κ1) is 17.0. The van der Waals surface area contributed by atoms with E-state index in [9.17, 15) is 13.2 Å². The molecule has 2 aromatic rings. The van der Waals surface area contributed by atoms with Crippen LogP contribution in [0.5, 0.6) is 0 Å². The molecule has 1 aliphatic heterocycles. The number of hydrogen-bond acceptors (Lipinski definition) is 3. The van der Waals surface area contributed by atoms with Gasteiger partial charge in [-0.25, -0.2) is 8.42 Å². The van der Waals surface area contributed by atoms with E-state index in [1.54, 1.807) is 18.2 Å². The van der Waals surface area contributed by atoms with Gasteiger partial charge in [-0.2, -0.15) is 0 Å². The number of nitrogens with zero attached hydrogens (tertiary/aromatic N) is 1. The number of sulfonamides is 1. The van der Waals surface area contributed by atoms with Crippen LogP contribution in [0.2, 0.25) is 0 Å². The molecule has 0 unspecified atom stereocenters. The molecule has 0 aliphatic carbocycles. The van der Waals surface area contributed by atoms with Gasteiger partial charge in [0.1, 0.15) is 0 Å². The quantitative estimate of drug-likeness (QED) is 0.846. The van der Waals surface area contributed by atoms with E-state index in [0.717, 1.165) is 21.3 Å². The number of halogens is 1. The highest BCUT2D eigenvalue weighted by atomic mass is 79.9. The normalized spacial score (nSPS) is 13.7. The first-order valence-electron chi connectivity index (χ1n) is 7.44. The Kier molecular flexibility index (Phi) is 4.40. The lowest BCUT2D eigenvalue weighted by Gasteiger charge is -2.16. The Hall–Kier alpha value is -1.86. The van der Waals surface area contributed by atoms with Crippen molar-refractivity contribution in [2.45, 2.75) is 13.3 Å². The van der Waals surface area contributed by atoms with Crippen LogP contribution in [0.15, 0.2) is 40.9 Å². The van der Waals surface area contributed by atoms with Gasteiger partial charge in [-0.15, -0.1) is 0 Å². The molecule has 7 heteroatoms. The summed E-state index contributed by atoms with van der Waals surface area (Å²) in [6, 6.07) is 10.8. The van der Waals surface area contributed by atoms with Gasteiger partial charge in [0.15, 0.2) is 0 Å². The van der Waals surface area contributed by atoms with Gasteiger partial charge in [-0.05, 0) is 60.9 Å². The largest absolute Gasteiger partial charge is 0.322 e. The molecule has 1 N–H and O–H groups in total. The van der Waals surface area contributed by atoms with E-state index in [1.165, 1.54) is 10.6 Å². The van der Waals surface area contributed by atoms with Crippen molar-refractivity contribution in [3.05, 3.63) is 57.6 Å². The lowest BCUT2D eigenvalue weighted by molar-refractivity contribution is 0.102. The van der Waals surface area contributed by atoms with Crippen LogP contribution < -0.4 is 9.62 Å². The highest BCUT2D eigenvalue weighted by Gasteiger charge is 2.26. The van der Waals surface area contributed by atoms with Crippen molar-refractivity contribution in [2.24, 2.45) is 0 Å². The molecule has 1 heterocycles. The Morgan fingerprint density at radius 1 is 1.21 bits per heavy atom. The maximum absolute atomic E-state index is 12.5. The standard InChI is InChI=1S/C17H17BrN2O3S/c1-11-9-14(18)4-5-15(11)19-17(21)13-3-6-16-12(10-13)7-8-20(16)24(2,22)23/h3-6,9-10H,7-8H2,1-2H3,(H,19,21). The van der Waals surface area contributed by atoms with Crippen LogP contribution in [0.25, 0.3) is 0 Å². The van der Waals surface area contributed by atoms with Crippen LogP contribution in [0.1, 0.15) is 21.5 Å². The van der Waals surface area contributed by atoms with Gasteiger partial charge in [0.05, 0.1) is 11.9 Å². The average molecular weight is 409 g/mol. The van der Waals surface area contributed by atoms with Gasteiger partial charge >= 0.3 is 0 Å². The fraction of sp³-hybridized carbons (Fsp3) is 0.235.